The van der Waals surface area contributed by atoms with Gasteiger partial charge in [-0.05, 0) is 13.3 Å². The molecule has 0 saturated heterocycles. The van der Waals surface area contributed by atoms with Crippen LogP contribution in [0.1, 0.15) is 110 Å². The van der Waals surface area contributed by atoms with Crippen LogP contribution < -0.4 is 0 Å². The van der Waals surface area contributed by atoms with Gasteiger partial charge in [-0.2, -0.15) is 0 Å². The van der Waals surface area contributed by atoms with Gasteiger partial charge in [-0.25, -0.2) is 9.59 Å². The van der Waals surface area contributed by atoms with Gasteiger partial charge in [0.25, 0.3) is 0 Å². The number of hydrogen-bond donors (Lipinski definition) is 0. The zero-order chi connectivity index (χ0) is 20.0. The largest absolute Gasteiger partial charge is 0.463 e. The maximum absolute atomic E-state index is 11.4. The van der Waals surface area contributed by atoms with E-state index in [1.54, 1.807) is 6.92 Å². The summed E-state index contributed by atoms with van der Waals surface area (Å²) in [5.41, 5.74) is 0. The summed E-state index contributed by atoms with van der Waals surface area (Å²) in [6, 6.07) is 0. The minimum atomic E-state index is -0.513. The lowest BCUT2D eigenvalue weighted by Crippen LogP contribution is -2.05. The third-order valence-corrected chi connectivity index (χ3v) is 4.63. The van der Waals surface area contributed by atoms with Crippen molar-refractivity contribution in [2.45, 2.75) is 110 Å². The highest BCUT2D eigenvalue weighted by Crippen LogP contribution is 2.13. The zero-order valence-electron chi connectivity index (χ0n) is 17.8. The molecule has 0 unspecified atom stereocenters. The van der Waals surface area contributed by atoms with Crippen molar-refractivity contribution in [3.05, 3.63) is 12.2 Å². The Morgan fingerprint density at radius 3 is 1.33 bits per heavy atom. The van der Waals surface area contributed by atoms with Gasteiger partial charge in [-0.1, -0.05) is 96.8 Å². The van der Waals surface area contributed by atoms with Crippen LogP contribution in [0.4, 0.5) is 0 Å². The van der Waals surface area contributed by atoms with E-state index in [-0.39, 0.29) is 0 Å². The molecule has 0 amide bonds. The fourth-order valence-corrected chi connectivity index (χ4v) is 3.02. The van der Waals surface area contributed by atoms with E-state index in [1.165, 1.54) is 83.5 Å². The van der Waals surface area contributed by atoms with E-state index < -0.39 is 11.9 Å². The van der Waals surface area contributed by atoms with Crippen molar-refractivity contribution >= 4 is 11.9 Å². The average molecular weight is 383 g/mol. The second-order valence-electron chi connectivity index (χ2n) is 7.20. The van der Waals surface area contributed by atoms with Crippen molar-refractivity contribution in [2.75, 3.05) is 13.2 Å². The lowest BCUT2D eigenvalue weighted by Gasteiger charge is -2.04. The van der Waals surface area contributed by atoms with Gasteiger partial charge in [0.05, 0.1) is 13.2 Å². The van der Waals surface area contributed by atoms with Gasteiger partial charge in [0.1, 0.15) is 0 Å². The molecule has 4 nitrogen and oxygen atoms in total. The Morgan fingerprint density at radius 1 is 0.556 bits per heavy atom. The predicted molar refractivity (Wildman–Crippen MR) is 112 cm³/mol. The Balaban J connectivity index is 3.22. The van der Waals surface area contributed by atoms with Crippen molar-refractivity contribution in [1.29, 1.82) is 0 Å². The highest BCUT2D eigenvalue weighted by Gasteiger charge is 2.00. The SMILES string of the molecule is CCCCCCCCCCCCCCCCCOC(=O)/C=C/C(=O)OCC. The maximum Gasteiger partial charge on any atom is 0.331 e. The Kier molecular flexibility index (Phi) is 20.0. The van der Waals surface area contributed by atoms with Crippen LogP contribution in [-0.4, -0.2) is 25.2 Å². The van der Waals surface area contributed by atoms with Crippen LogP contribution >= 0.6 is 0 Å². The van der Waals surface area contributed by atoms with E-state index in [9.17, 15) is 9.59 Å². The molecule has 0 aromatic heterocycles. The molecule has 0 aliphatic rings. The van der Waals surface area contributed by atoms with E-state index in [0.717, 1.165) is 25.0 Å². The highest BCUT2D eigenvalue weighted by molar-refractivity contribution is 5.91. The minimum absolute atomic E-state index is 0.303. The van der Waals surface area contributed by atoms with Crippen LogP contribution in [-0.2, 0) is 19.1 Å². The van der Waals surface area contributed by atoms with Crippen LogP contribution in [0.5, 0.6) is 0 Å². The molecule has 0 aromatic rings. The van der Waals surface area contributed by atoms with Crippen molar-refractivity contribution < 1.29 is 19.1 Å². The van der Waals surface area contributed by atoms with Crippen LogP contribution in [0.25, 0.3) is 0 Å². The molecule has 0 aromatic carbocycles. The first-order valence-electron chi connectivity index (χ1n) is 11.2. The highest BCUT2D eigenvalue weighted by atomic mass is 16.5. The molecule has 0 heterocycles. The van der Waals surface area contributed by atoms with E-state index in [0.29, 0.717) is 13.2 Å². The Morgan fingerprint density at radius 2 is 0.926 bits per heavy atom. The first-order valence-corrected chi connectivity index (χ1v) is 11.2. The maximum atomic E-state index is 11.4. The molecule has 0 N–H and O–H groups in total. The number of carbonyl (C=O) groups is 2. The second kappa shape index (κ2) is 21.0. The monoisotopic (exact) mass is 382 g/mol. The number of hydrogen-bond acceptors (Lipinski definition) is 4. The number of esters is 2. The molecule has 0 aliphatic carbocycles. The van der Waals surface area contributed by atoms with Gasteiger partial charge in [0, 0.05) is 12.2 Å². The summed E-state index contributed by atoms with van der Waals surface area (Å²) in [7, 11) is 0. The normalized spacial score (nSPS) is 11.0. The molecule has 0 rings (SSSR count). The minimum Gasteiger partial charge on any atom is -0.463 e. The van der Waals surface area contributed by atoms with Gasteiger partial charge in [-0.15, -0.1) is 0 Å². The fraction of sp³-hybridized carbons (Fsp3) is 0.826. The average Bonchev–Trinajstić information content (AvgIpc) is 2.66. The lowest BCUT2D eigenvalue weighted by molar-refractivity contribution is -0.140. The Bertz CT molecular complexity index is 377. The fourth-order valence-electron chi connectivity index (χ4n) is 3.02. The molecule has 27 heavy (non-hydrogen) atoms. The number of unbranched alkanes of at least 4 members (excludes halogenated alkanes) is 14. The Hall–Kier alpha value is -1.32. The van der Waals surface area contributed by atoms with Gasteiger partial charge >= 0.3 is 11.9 Å². The van der Waals surface area contributed by atoms with Crippen LogP contribution in [0, 0.1) is 0 Å². The first-order chi connectivity index (χ1) is 13.2. The van der Waals surface area contributed by atoms with E-state index in [1.807, 2.05) is 0 Å². The third-order valence-electron chi connectivity index (χ3n) is 4.63. The van der Waals surface area contributed by atoms with Crippen molar-refractivity contribution in [2.24, 2.45) is 0 Å². The summed E-state index contributed by atoms with van der Waals surface area (Å²) in [5.74, 6) is -0.991. The second-order valence-corrected chi connectivity index (χ2v) is 7.20. The van der Waals surface area contributed by atoms with Crippen molar-refractivity contribution in [1.82, 2.24) is 0 Å². The molecule has 4 heteroatoms. The molecule has 0 fully saturated rings. The summed E-state index contributed by atoms with van der Waals surface area (Å²) in [4.78, 5) is 22.4. The van der Waals surface area contributed by atoms with Crippen molar-refractivity contribution in [3.8, 4) is 0 Å². The standard InChI is InChI=1S/C23H42O4/c1-3-5-6-7-8-9-10-11-12-13-14-15-16-17-18-21-27-23(25)20-19-22(24)26-4-2/h19-20H,3-18,21H2,1-2H3/b20-19+. The zero-order valence-corrected chi connectivity index (χ0v) is 17.8. The molecular weight excluding hydrogens is 340 g/mol. The van der Waals surface area contributed by atoms with Gasteiger partial charge in [0.15, 0.2) is 0 Å². The number of ether oxygens (including phenoxy) is 2. The molecule has 0 radical (unpaired) electrons. The molecule has 0 aliphatic heterocycles. The smallest absolute Gasteiger partial charge is 0.331 e. The quantitative estimate of drug-likeness (QED) is 0.145. The lowest BCUT2D eigenvalue weighted by atomic mass is 10.0. The molecule has 0 saturated carbocycles. The number of carbonyl (C=O) groups excluding carboxylic acids is 2. The van der Waals surface area contributed by atoms with Gasteiger partial charge in [0.2, 0.25) is 0 Å². The van der Waals surface area contributed by atoms with Gasteiger partial charge < -0.3 is 9.47 Å². The summed E-state index contributed by atoms with van der Waals surface area (Å²) in [6.45, 7) is 4.71. The Labute approximate surface area is 167 Å². The summed E-state index contributed by atoms with van der Waals surface area (Å²) in [5, 5.41) is 0. The van der Waals surface area contributed by atoms with Crippen LogP contribution in [0.2, 0.25) is 0 Å². The topological polar surface area (TPSA) is 52.6 Å². The molecule has 158 valence electrons. The van der Waals surface area contributed by atoms with Crippen LogP contribution in [0.15, 0.2) is 12.2 Å². The predicted octanol–water partition coefficient (Wildman–Crippen LogP) is 6.52. The molecule has 0 bridgehead atoms. The third kappa shape index (κ3) is 20.8. The van der Waals surface area contributed by atoms with Gasteiger partial charge in [-0.3, -0.25) is 0 Å². The number of rotatable bonds is 19. The summed E-state index contributed by atoms with van der Waals surface area (Å²) in [6.07, 6.45) is 21.9. The molecule has 0 spiro atoms. The van der Waals surface area contributed by atoms with E-state index in [4.69, 9.17) is 9.47 Å². The van der Waals surface area contributed by atoms with Crippen molar-refractivity contribution in [3.63, 3.8) is 0 Å². The molecular formula is C23H42O4. The van der Waals surface area contributed by atoms with E-state index >= 15 is 0 Å². The summed E-state index contributed by atoms with van der Waals surface area (Å²) >= 11 is 0. The molecule has 0 atom stereocenters. The van der Waals surface area contributed by atoms with Crippen LogP contribution in [0.3, 0.4) is 0 Å². The first kappa shape index (κ1) is 25.7. The van der Waals surface area contributed by atoms with E-state index in [2.05, 4.69) is 6.92 Å². The summed E-state index contributed by atoms with van der Waals surface area (Å²) < 4.78 is 9.74.